The highest BCUT2D eigenvalue weighted by atomic mass is 19.4. The molecule has 0 saturated heterocycles. The third-order valence-electron chi connectivity index (χ3n) is 4.38. The van der Waals surface area contributed by atoms with E-state index in [1.807, 2.05) is 31.2 Å². The molecule has 0 aliphatic heterocycles. The normalized spacial score (nSPS) is 11.7. The molecule has 0 atom stereocenters. The van der Waals surface area contributed by atoms with E-state index < -0.39 is 12.0 Å². The van der Waals surface area contributed by atoms with E-state index in [1.54, 1.807) is 28.8 Å². The number of hydrogen-bond acceptors (Lipinski definition) is 2. The number of aromatic nitrogens is 1. The van der Waals surface area contributed by atoms with Crippen LogP contribution < -0.4 is 4.74 Å². The van der Waals surface area contributed by atoms with Crippen molar-refractivity contribution in [2.24, 2.45) is 0 Å². The number of ketones is 1. The summed E-state index contributed by atoms with van der Waals surface area (Å²) in [7, 11) is 0. The van der Waals surface area contributed by atoms with Gasteiger partial charge in [-0.3, -0.25) is 4.79 Å². The molecule has 1 aromatic heterocycles. The third-order valence-corrected chi connectivity index (χ3v) is 4.38. The fraction of sp³-hybridized carbons (Fsp3) is 0.250. The van der Waals surface area contributed by atoms with Crippen molar-refractivity contribution >= 4 is 16.7 Å². The van der Waals surface area contributed by atoms with Gasteiger partial charge in [-0.25, -0.2) is 0 Å². The molecule has 0 N–H and O–H groups in total. The van der Waals surface area contributed by atoms with Gasteiger partial charge in [-0.05, 0) is 31.5 Å². The Morgan fingerprint density at radius 2 is 1.69 bits per heavy atom. The average molecular weight is 361 g/mol. The van der Waals surface area contributed by atoms with Gasteiger partial charge >= 0.3 is 6.18 Å². The number of hydrogen-bond donors (Lipinski definition) is 0. The van der Waals surface area contributed by atoms with Gasteiger partial charge in [0, 0.05) is 16.6 Å². The van der Waals surface area contributed by atoms with E-state index in [4.69, 9.17) is 4.74 Å². The van der Waals surface area contributed by atoms with E-state index in [9.17, 15) is 18.0 Å². The zero-order chi connectivity index (χ0) is 18.9. The molecule has 3 aromatic rings. The van der Waals surface area contributed by atoms with Crippen LogP contribution in [0, 0.1) is 13.8 Å². The van der Waals surface area contributed by atoms with E-state index in [1.165, 1.54) is 6.92 Å². The monoisotopic (exact) mass is 361 g/mol. The average Bonchev–Trinajstić information content (AvgIpc) is 2.87. The highest BCUT2D eigenvalue weighted by molar-refractivity contribution is 6.12. The maximum atomic E-state index is 13.0. The van der Waals surface area contributed by atoms with Crippen molar-refractivity contribution in [2.45, 2.75) is 26.6 Å². The minimum atomic E-state index is -4.91. The molecule has 0 amide bonds. The quantitative estimate of drug-likeness (QED) is 0.593. The molecule has 0 fully saturated rings. The van der Waals surface area contributed by atoms with Crippen LogP contribution in [0.4, 0.5) is 13.2 Å². The smallest absolute Gasteiger partial charge is 0.454 e. The van der Waals surface area contributed by atoms with Crippen molar-refractivity contribution in [3.05, 3.63) is 65.4 Å². The van der Waals surface area contributed by atoms with Crippen molar-refractivity contribution < 1.29 is 22.7 Å². The standard InChI is InChI=1S/C20H18F3NO2/c1-13-7-3-6-10-17(13)26-12-11-24-14(2)18(19(25)20(21,22)23)15-8-4-5-9-16(15)24/h3-10H,11-12H2,1-2H3. The summed E-state index contributed by atoms with van der Waals surface area (Å²) < 4.78 is 46.4. The summed E-state index contributed by atoms with van der Waals surface area (Å²) in [6, 6.07) is 14.1. The molecule has 0 radical (unpaired) electrons. The first kappa shape index (κ1) is 18.0. The molecule has 136 valence electrons. The molecular formula is C20H18F3NO2. The van der Waals surface area contributed by atoms with Crippen LogP contribution in [0.15, 0.2) is 48.5 Å². The lowest BCUT2D eigenvalue weighted by Crippen LogP contribution is -2.23. The Hall–Kier alpha value is -2.76. The summed E-state index contributed by atoms with van der Waals surface area (Å²) in [6.07, 6.45) is -4.91. The second kappa shape index (κ2) is 6.86. The Kier molecular flexibility index (Phi) is 4.76. The van der Waals surface area contributed by atoms with Crippen molar-refractivity contribution in [3.8, 4) is 5.75 Å². The summed E-state index contributed by atoms with van der Waals surface area (Å²) in [5, 5.41) is 0.309. The number of nitrogens with zero attached hydrogens (tertiary/aromatic N) is 1. The molecule has 26 heavy (non-hydrogen) atoms. The third kappa shape index (κ3) is 3.31. The molecule has 0 aliphatic rings. The number of benzene rings is 2. The number of aryl methyl sites for hydroxylation is 1. The van der Waals surface area contributed by atoms with E-state index >= 15 is 0 Å². The number of Topliss-reactive ketones (excluding diaryl/α,β-unsaturated/α-hetero) is 1. The maximum absolute atomic E-state index is 13.0. The van der Waals surface area contributed by atoms with Crippen LogP contribution in [0.1, 0.15) is 21.6 Å². The summed E-state index contributed by atoms with van der Waals surface area (Å²) in [5.41, 5.74) is 1.58. The van der Waals surface area contributed by atoms with Crippen LogP contribution in [0.2, 0.25) is 0 Å². The van der Waals surface area contributed by atoms with Gasteiger partial charge in [-0.1, -0.05) is 36.4 Å². The largest absolute Gasteiger partial charge is 0.491 e. The molecule has 2 aromatic carbocycles. The zero-order valence-electron chi connectivity index (χ0n) is 14.4. The SMILES string of the molecule is Cc1ccccc1OCCn1c(C)c(C(=O)C(F)(F)F)c2ccccc21. The number of carbonyl (C=O) groups excluding carboxylic acids is 1. The van der Waals surface area contributed by atoms with Gasteiger partial charge in [0.2, 0.25) is 0 Å². The lowest BCUT2D eigenvalue weighted by atomic mass is 10.1. The number of halogens is 3. The predicted molar refractivity (Wildman–Crippen MR) is 93.7 cm³/mol. The van der Waals surface area contributed by atoms with Gasteiger partial charge in [0.05, 0.1) is 12.1 Å². The first-order valence-corrected chi connectivity index (χ1v) is 8.18. The number of para-hydroxylation sites is 2. The van der Waals surface area contributed by atoms with Gasteiger partial charge in [-0.2, -0.15) is 13.2 Å². The summed E-state index contributed by atoms with van der Waals surface area (Å²) >= 11 is 0. The topological polar surface area (TPSA) is 31.2 Å². The number of ether oxygens (including phenoxy) is 1. The van der Waals surface area contributed by atoms with Crippen LogP contribution in [0.25, 0.3) is 10.9 Å². The van der Waals surface area contributed by atoms with Crippen LogP contribution in [0.3, 0.4) is 0 Å². The van der Waals surface area contributed by atoms with E-state index in [0.717, 1.165) is 11.3 Å². The molecule has 0 bridgehead atoms. The van der Waals surface area contributed by atoms with Crippen molar-refractivity contribution in [1.82, 2.24) is 4.57 Å². The molecule has 6 heteroatoms. The predicted octanol–water partition coefficient (Wildman–Crippen LogP) is 5.08. The molecule has 0 spiro atoms. The minimum absolute atomic E-state index is 0.282. The second-order valence-corrected chi connectivity index (χ2v) is 6.07. The maximum Gasteiger partial charge on any atom is 0.454 e. The Labute approximate surface area is 149 Å². The lowest BCUT2D eigenvalue weighted by Gasteiger charge is -2.12. The lowest BCUT2D eigenvalue weighted by molar-refractivity contribution is -0.0884. The van der Waals surface area contributed by atoms with Crippen LogP contribution in [0.5, 0.6) is 5.75 Å². The van der Waals surface area contributed by atoms with Gasteiger partial charge < -0.3 is 9.30 Å². The fourth-order valence-electron chi connectivity index (χ4n) is 3.11. The van der Waals surface area contributed by atoms with Crippen molar-refractivity contribution in [3.63, 3.8) is 0 Å². The van der Waals surface area contributed by atoms with E-state index in [0.29, 0.717) is 23.1 Å². The molecule has 0 saturated carbocycles. The van der Waals surface area contributed by atoms with Crippen molar-refractivity contribution in [2.75, 3.05) is 6.61 Å². The van der Waals surface area contributed by atoms with Crippen LogP contribution >= 0.6 is 0 Å². The summed E-state index contributed by atoms with van der Waals surface area (Å²) in [6.45, 7) is 4.08. The molecule has 3 nitrogen and oxygen atoms in total. The number of fused-ring (bicyclic) bond motifs is 1. The summed E-state index contributed by atoms with van der Waals surface area (Å²) in [4.78, 5) is 11.9. The highest BCUT2D eigenvalue weighted by Gasteiger charge is 2.41. The van der Waals surface area contributed by atoms with E-state index in [-0.39, 0.29) is 12.2 Å². The minimum Gasteiger partial charge on any atom is -0.491 e. The number of alkyl halides is 3. The Morgan fingerprint density at radius 1 is 1.04 bits per heavy atom. The molecule has 0 unspecified atom stereocenters. The fourth-order valence-corrected chi connectivity index (χ4v) is 3.11. The van der Waals surface area contributed by atoms with Gasteiger partial charge in [0.25, 0.3) is 5.78 Å². The molecule has 3 rings (SSSR count). The number of carbonyl (C=O) groups is 1. The van der Waals surface area contributed by atoms with E-state index in [2.05, 4.69) is 0 Å². The number of rotatable bonds is 5. The Morgan fingerprint density at radius 3 is 2.38 bits per heavy atom. The van der Waals surface area contributed by atoms with Crippen LogP contribution in [-0.4, -0.2) is 23.1 Å². The highest BCUT2D eigenvalue weighted by Crippen LogP contribution is 2.31. The van der Waals surface area contributed by atoms with Crippen molar-refractivity contribution in [1.29, 1.82) is 0 Å². The summed E-state index contributed by atoms with van der Waals surface area (Å²) in [5.74, 6) is -1.09. The van der Waals surface area contributed by atoms with Crippen LogP contribution in [-0.2, 0) is 6.54 Å². The zero-order valence-corrected chi connectivity index (χ0v) is 14.4. The van der Waals surface area contributed by atoms with Gasteiger partial charge in [0.15, 0.2) is 0 Å². The second-order valence-electron chi connectivity index (χ2n) is 6.07. The Bertz CT molecular complexity index is 957. The Balaban J connectivity index is 1.93. The first-order valence-electron chi connectivity index (χ1n) is 8.18. The first-order chi connectivity index (χ1) is 12.3. The molecule has 0 aliphatic carbocycles. The van der Waals surface area contributed by atoms with Gasteiger partial charge in [0.1, 0.15) is 12.4 Å². The van der Waals surface area contributed by atoms with Gasteiger partial charge in [-0.15, -0.1) is 0 Å². The molecule has 1 heterocycles. The molecular weight excluding hydrogens is 343 g/mol.